The lowest BCUT2D eigenvalue weighted by atomic mass is 9.69. The van der Waals surface area contributed by atoms with Crippen LogP contribution in [0.1, 0.15) is 57.2 Å². The van der Waals surface area contributed by atoms with E-state index >= 15 is 0 Å². The van der Waals surface area contributed by atoms with E-state index in [4.69, 9.17) is 4.74 Å². The highest BCUT2D eigenvalue weighted by Crippen LogP contribution is 2.49. The van der Waals surface area contributed by atoms with E-state index in [0.717, 1.165) is 31.5 Å². The van der Waals surface area contributed by atoms with Gasteiger partial charge in [-0.25, -0.2) is 4.68 Å². The molecule has 0 aliphatic carbocycles. The van der Waals surface area contributed by atoms with Gasteiger partial charge in [0.05, 0.1) is 16.3 Å². The summed E-state index contributed by atoms with van der Waals surface area (Å²) in [5, 5.41) is 4.19. The zero-order valence-corrected chi connectivity index (χ0v) is 20.3. The number of H-pyrrole nitrogens is 1. The van der Waals surface area contributed by atoms with Crippen molar-refractivity contribution < 1.29 is 9.53 Å². The first kappa shape index (κ1) is 22.3. The number of aromatic amines is 1. The molecular formula is C28H31N3O3. The van der Waals surface area contributed by atoms with E-state index in [1.165, 1.54) is 21.5 Å². The minimum Gasteiger partial charge on any atom is -0.429 e. The topological polar surface area (TPSA) is 67.3 Å². The van der Waals surface area contributed by atoms with Crippen LogP contribution in [0.4, 0.5) is 5.69 Å². The Hall–Kier alpha value is -3.54. The van der Waals surface area contributed by atoms with Crippen molar-refractivity contribution in [1.82, 2.24) is 9.78 Å². The highest BCUT2D eigenvalue weighted by molar-refractivity contribution is 5.71. The molecule has 0 saturated heterocycles. The second-order valence-electron chi connectivity index (χ2n) is 10.7. The van der Waals surface area contributed by atoms with Crippen molar-refractivity contribution in [2.45, 2.75) is 51.4 Å². The van der Waals surface area contributed by atoms with Crippen molar-refractivity contribution in [1.29, 1.82) is 0 Å². The Balaban J connectivity index is 1.66. The fourth-order valence-corrected chi connectivity index (χ4v) is 5.27. The van der Waals surface area contributed by atoms with Crippen LogP contribution < -0.4 is 25.8 Å². The lowest BCUT2D eigenvalue weighted by molar-refractivity contribution is -0.120. The molecule has 2 aliphatic heterocycles. The number of ether oxygens (including phenoxy) is 1. The number of aromatic nitrogens is 2. The standard InChI is InChI=1S/C28H31N3O3/c1-18-22(26(33)31(29-18)20-6-8-21(9-7-20)34-17-32)14-19-15-23-25-24(16-19)28(4,5)11-13-30(25)12-10-27(23,2)3/h6-9,14-17,29H,1,10-13H2,2-5H3/b22-14-. The summed E-state index contributed by atoms with van der Waals surface area (Å²) in [5.41, 5.74) is 5.78. The van der Waals surface area contributed by atoms with Gasteiger partial charge in [0.2, 0.25) is 0 Å². The van der Waals surface area contributed by atoms with Crippen molar-refractivity contribution in [3.05, 3.63) is 74.0 Å². The second kappa shape index (κ2) is 7.76. The molecule has 0 amide bonds. The highest BCUT2D eigenvalue weighted by Gasteiger charge is 2.39. The largest absolute Gasteiger partial charge is 0.429 e. The summed E-state index contributed by atoms with van der Waals surface area (Å²) in [5.74, 6) is 0.419. The van der Waals surface area contributed by atoms with Crippen LogP contribution in [0.15, 0.2) is 41.2 Å². The van der Waals surface area contributed by atoms with E-state index < -0.39 is 0 Å². The van der Waals surface area contributed by atoms with Crippen molar-refractivity contribution >= 4 is 24.8 Å². The molecule has 3 aromatic rings. The number of anilines is 1. The Morgan fingerprint density at radius 2 is 1.59 bits per heavy atom. The summed E-state index contributed by atoms with van der Waals surface area (Å²) in [6, 6.07) is 11.3. The van der Waals surface area contributed by atoms with Crippen LogP contribution in [0.2, 0.25) is 0 Å². The Morgan fingerprint density at radius 3 is 2.15 bits per heavy atom. The predicted octanol–water partition coefficient (Wildman–Crippen LogP) is 3.11. The zero-order valence-electron chi connectivity index (χ0n) is 20.3. The molecule has 0 bridgehead atoms. The van der Waals surface area contributed by atoms with Gasteiger partial charge in [0.25, 0.3) is 12.0 Å². The fourth-order valence-electron chi connectivity index (χ4n) is 5.27. The SMILES string of the molecule is C=c1[nH]n(-c2ccc(OC=O)cc2)c(=O)/c1=C\c1cc2c3c(c1)C(C)(C)CCN3CCC2(C)C. The lowest BCUT2D eigenvalue weighted by Crippen LogP contribution is -2.44. The molecule has 2 aromatic carbocycles. The second-order valence-corrected chi connectivity index (χ2v) is 10.7. The van der Waals surface area contributed by atoms with E-state index in [0.29, 0.717) is 28.5 Å². The summed E-state index contributed by atoms with van der Waals surface area (Å²) in [4.78, 5) is 26.4. The van der Waals surface area contributed by atoms with Crippen molar-refractivity contribution in [3.63, 3.8) is 0 Å². The minimum atomic E-state index is -0.166. The van der Waals surface area contributed by atoms with Gasteiger partial charge in [0.1, 0.15) is 5.75 Å². The summed E-state index contributed by atoms with van der Waals surface area (Å²) in [7, 11) is 0. The third kappa shape index (κ3) is 3.58. The van der Waals surface area contributed by atoms with Crippen LogP contribution >= 0.6 is 0 Å². The number of rotatable bonds is 4. The number of nitrogens with one attached hydrogen (secondary N) is 1. The van der Waals surface area contributed by atoms with Crippen LogP contribution in [0.5, 0.6) is 5.75 Å². The van der Waals surface area contributed by atoms with E-state index in [1.807, 2.05) is 6.08 Å². The van der Waals surface area contributed by atoms with Gasteiger partial charge in [0.15, 0.2) is 0 Å². The van der Waals surface area contributed by atoms with Gasteiger partial charge < -0.3 is 9.64 Å². The molecule has 3 heterocycles. The molecule has 5 rings (SSSR count). The highest BCUT2D eigenvalue weighted by atomic mass is 16.5. The number of nitrogens with zero attached hydrogens (tertiary/aromatic N) is 2. The lowest BCUT2D eigenvalue weighted by Gasteiger charge is -2.48. The first-order chi connectivity index (χ1) is 16.1. The molecule has 0 saturated carbocycles. The molecule has 0 fully saturated rings. The van der Waals surface area contributed by atoms with E-state index in [-0.39, 0.29) is 16.4 Å². The minimum absolute atomic E-state index is 0.0782. The van der Waals surface area contributed by atoms with Crippen molar-refractivity contribution in [2.24, 2.45) is 0 Å². The molecule has 2 aliphatic rings. The monoisotopic (exact) mass is 457 g/mol. The number of hydrogen-bond donors (Lipinski definition) is 1. The average molecular weight is 458 g/mol. The first-order valence-electron chi connectivity index (χ1n) is 11.8. The Bertz CT molecular complexity index is 1400. The average Bonchev–Trinajstić information content (AvgIpc) is 3.07. The maximum absolute atomic E-state index is 13.3. The quantitative estimate of drug-likeness (QED) is 0.612. The van der Waals surface area contributed by atoms with Gasteiger partial charge >= 0.3 is 0 Å². The maximum atomic E-state index is 13.3. The van der Waals surface area contributed by atoms with Gasteiger partial charge in [-0.2, -0.15) is 0 Å². The van der Waals surface area contributed by atoms with Gasteiger partial charge in [0, 0.05) is 18.8 Å². The molecule has 6 nitrogen and oxygen atoms in total. The summed E-state index contributed by atoms with van der Waals surface area (Å²) in [6.45, 7) is 15.9. The van der Waals surface area contributed by atoms with Crippen molar-refractivity contribution in [2.75, 3.05) is 18.0 Å². The molecular weight excluding hydrogens is 426 g/mol. The Morgan fingerprint density at radius 1 is 1.00 bits per heavy atom. The van der Waals surface area contributed by atoms with E-state index in [1.54, 1.807) is 24.3 Å². The third-order valence-corrected chi connectivity index (χ3v) is 7.52. The number of benzene rings is 2. The number of hydrogen-bond acceptors (Lipinski definition) is 4. The van der Waals surface area contributed by atoms with Gasteiger partial charge in [-0.05, 0) is 82.8 Å². The van der Waals surface area contributed by atoms with Gasteiger partial charge in [-0.3, -0.25) is 14.7 Å². The number of carbonyl (C=O) groups excluding carboxylic acids is 1. The molecule has 176 valence electrons. The molecule has 0 atom stereocenters. The summed E-state index contributed by atoms with van der Waals surface area (Å²) < 4.78 is 6.32. The molecule has 1 N–H and O–H groups in total. The Kier molecular flexibility index (Phi) is 5.08. The molecule has 34 heavy (non-hydrogen) atoms. The van der Waals surface area contributed by atoms with Gasteiger partial charge in [-0.15, -0.1) is 0 Å². The predicted molar refractivity (Wildman–Crippen MR) is 135 cm³/mol. The van der Waals surface area contributed by atoms with Crippen LogP contribution in [0.3, 0.4) is 0 Å². The normalized spacial score (nSPS) is 18.5. The van der Waals surface area contributed by atoms with Crippen LogP contribution in [-0.4, -0.2) is 29.3 Å². The van der Waals surface area contributed by atoms with Crippen molar-refractivity contribution in [3.8, 4) is 11.4 Å². The molecule has 0 radical (unpaired) electrons. The molecule has 1 aromatic heterocycles. The smallest absolute Gasteiger partial charge is 0.298 e. The van der Waals surface area contributed by atoms with E-state index in [9.17, 15) is 9.59 Å². The molecule has 0 unspecified atom stereocenters. The Labute approximate surface area is 199 Å². The summed E-state index contributed by atoms with van der Waals surface area (Å²) >= 11 is 0. The fraction of sp³-hybridized carbons (Fsp3) is 0.357. The van der Waals surface area contributed by atoms with Crippen LogP contribution in [-0.2, 0) is 15.6 Å². The van der Waals surface area contributed by atoms with E-state index in [2.05, 4.69) is 56.4 Å². The molecule has 0 spiro atoms. The number of carbonyl (C=O) groups is 1. The van der Waals surface area contributed by atoms with Gasteiger partial charge in [-0.1, -0.05) is 34.3 Å². The molecule has 6 heteroatoms. The van der Waals surface area contributed by atoms with Crippen LogP contribution in [0.25, 0.3) is 18.3 Å². The third-order valence-electron chi connectivity index (χ3n) is 7.52. The zero-order chi connectivity index (χ0) is 24.3. The summed E-state index contributed by atoms with van der Waals surface area (Å²) in [6.07, 6.45) is 4.19. The first-order valence-corrected chi connectivity index (χ1v) is 11.8. The maximum Gasteiger partial charge on any atom is 0.298 e. The van der Waals surface area contributed by atoms with Crippen LogP contribution in [0, 0.1) is 0 Å².